The van der Waals surface area contributed by atoms with Gasteiger partial charge in [-0.15, -0.1) is 0 Å². The van der Waals surface area contributed by atoms with Crippen molar-refractivity contribution >= 4 is 45.1 Å². The molecule has 1 fully saturated rings. The summed E-state index contributed by atoms with van der Waals surface area (Å²) in [5, 5.41) is 1.35. The lowest BCUT2D eigenvalue weighted by atomic mass is 10.2. The Morgan fingerprint density at radius 3 is 2.50 bits per heavy atom. The molecule has 3 rings (SSSR count). The Bertz CT molecular complexity index is 750. The summed E-state index contributed by atoms with van der Waals surface area (Å²) in [7, 11) is 3.25. The fraction of sp³-hybridized carbons (Fsp3) is 0.400. The fourth-order valence-corrected chi connectivity index (χ4v) is 4.92. The van der Waals surface area contributed by atoms with E-state index in [0.717, 1.165) is 41.3 Å². The molecule has 9 heteroatoms. The van der Waals surface area contributed by atoms with E-state index >= 15 is 0 Å². The third kappa shape index (κ3) is 3.41. The number of aromatic nitrogens is 2. The Morgan fingerprint density at radius 1 is 1.21 bits per heavy atom. The molecular weight excluding hydrogens is 346 g/mol. The van der Waals surface area contributed by atoms with Crippen LogP contribution in [-0.4, -0.2) is 53.9 Å². The van der Waals surface area contributed by atoms with Gasteiger partial charge in [-0.2, -0.15) is 11.1 Å². The maximum atomic E-state index is 5.58. The highest BCUT2D eigenvalue weighted by atomic mass is 32.2. The molecule has 7 nitrogen and oxygen atoms in total. The number of methoxy groups -OCH3 is 2. The minimum Gasteiger partial charge on any atom is -0.493 e. The van der Waals surface area contributed by atoms with Crippen LogP contribution in [0, 0.1) is 0 Å². The number of rotatable bonds is 4. The number of ether oxygens (including phenoxy) is 2. The maximum Gasteiger partial charge on any atom is 0.172 e. The summed E-state index contributed by atoms with van der Waals surface area (Å²) >= 11 is 4.60. The van der Waals surface area contributed by atoms with Gasteiger partial charge in [0.2, 0.25) is 0 Å². The van der Waals surface area contributed by atoms with Crippen LogP contribution in [-0.2, 0) is 0 Å². The van der Waals surface area contributed by atoms with Crippen molar-refractivity contribution in [3.63, 3.8) is 0 Å². The van der Waals surface area contributed by atoms with Crippen molar-refractivity contribution in [3.8, 4) is 11.5 Å². The molecule has 1 aliphatic heterocycles. The second-order valence-corrected chi connectivity index (χ2v) is 8.01. The molecule has 0 unspecified atom stereocenters. The molecule has 0 aliphatic carbocycles. The summed E-state index contributed by atoms with van der Waals surface area (Å²) in [6.07, 6.45) is 1.59. The molecule has 0 atom stereocenters. The molecule has 3 N–H and O–H groups in total. The standard InChI is InChI=1S/C15H21N5O2S2/c1-21-12-7-10-11(8-13(12)22-2)17-9-18-14(10)20-3-5-24(6-4-20)19-15(16)23/h7-9,24H,3-6H2,1-2H3,(H3,16,19,23). The van der Waals surface area contributed by atoms with Crippen LogP contribution in [0.2, 0.25) is 0 Å². The van der Waals surface area contributed by atoms with Crippen LogP contribution in [0.1, 0.15) is 0 Å². The molecule has 1 aliphatic rings. The molecule has 2 aromatic rings. The Hall–Kier alpha value is -2.00. The lowest BCUT2D eigenvalue weighted by Crippen LogP contribution is -2.40. The van der Waals surface area contributed by atoms with E-state index in [1.807, 2.05) is 12.1 Å². The van der Waals surface area contributed by atoms with E-state index in [2.05, 4.69) is 19.6 Å². The van der Waals surface area contributed by atoms with E-state index in [4.69, 9.17) is 27.4 Å². The van der Waals surface area contributed by atoms with Crippen molar-refractivity contribution in [3.05, 3.63) is 18.5 Å². The first kappa shape index (κ1) is 16.8. The summed E-state index contributed by atoms with van der Waals surface area (Å²) in [4.78, 5) is 11.1. The number of nitrogens with zero attached hydrogens (tertiary/aromatic N) is 3. The smallest absolute Gasteiger partial charge is 0.172 e. The largest absolute Gasteiger partial charge is 0.493 e. The van der Waals surface area contributed by atoms with Crippen molar-refractivity contribution in [2.45, 2.75) is 0 Å². The van der Waals surface area contributed by atoms with Crippen molar-refractivity contribution in [1.29, 1.82) is 0 Å². The Kier molecular flexibility index (Phi) is 5.10. The second-order valence-electron chi connectivity index (χ2n) is 5.37. The monoisotopic (exact) mass is 367 g/mol. The van der Waals surface area contributed by atoms with Crippen molar-refractivity contribution < 1.29 is 9.47 Å². The molecule has 1 aromatic heterocycles. The predicted molar refractivity (Wildman–Crippen MR) is 103 cm³/mol. The van der Waals surface area contributed by atoms with Crippen LogP contribution >= 0.6 is 23.3 Å². The summed E-state index contributed by atoms with van der Waals surface area (Å²) < 4.78 is 14.0. The van der Waals surface area contributed by atoms with Crippen LogP contribution in [0.3, 0.4) is 0 Å². The van der Waals surface area contributed by atoms with E-state index in [1.54, 1.807) is 20.5 Å². The molecule has 24 heavy (non-hydrogen) atoms. The number of fused-ring (bicyclic) bond motifs is 1. The Balaban J connectivity index is 1.89. The zero-order valence-corrected chi connectivity index (χ0v) is 15.4. The van der Waals surface area contributed by atoms with Gasteiger partial charge in [-0.25, -0.2) is 9.97 Å². The van der Waals surface area contributed by atoms with E-state index in [1.165, 1.54) is 0 Å². The molecular formula is C15H21N5O2S2. The fourth-order valence-electron chi connectivity index (χ4n) is 2.81. The highest BCUT2D eigenvalue weighted by Crippen LogP contribution is 2.36. The lowest BCUT2D eigenvalue weighted by Gasteiger charge is -2.36. The highest BCUT2D eigenvalue weighted by Gasteiger charge is 2.20. The van der Waals surface area contributed by atoms with E-state index < -0.39 is 0 Å². The van der Waals surface area contributed by atoms with E-state index in [0.29, 0.717) is 16.6 Å². The van der Waals surface area contributed by atoms with Crippen LogP contribution in [0.4, 0.5) is 5.82 Å². The van der Waals surface area contributed by atoms with E-state index in [9.17, 15) is 0 Å². The third-order valence-corrected chi connectivity index (χ3v) is 6.26. The number of hydrogen-bond donors (Lipinski definition) is 3. The first-order valence-corrected chi connectivity index (χ1v) is 9.67. The number of nitrogens with two attached hydrogens (primary N) is 1. The van der Waals surface area contributed by atoms with Crippen LogP contribution < -0.4 is 24.8 Å². The number of thiocarbonyl (C=S) groups is 1. The highest BCUT2D eigenvalue weighted by molar-refractivity contribution is 8.16. The van der Waals surface area contributed by atoms with Gasteiger partial charge >= 0.3 is 0 Å². The van der Waals surface area contributed by atoms with Gasteiger partial charge in [-0.05, 0) is 18.3 Å². The van der Waals surface area contributed by atoms with Gasteiger partial charge in [0.15, 0.2) is 16.6 Å². The Labute approximate surface area is 149 Å². The maximum absolute atomic E-state index is 5.58. The first-order chi connectivity index (χ1) is 11.6. The number of anilines is 1. The molecule has 0 amide bonds. The third-order valence-electron chi connectivity index (χ3n) is 3.97. The van der Waals surface area contributed by atoms with Gasteiger partial charge in [0, 0.05) is 36.0 Å². The molecule has 0 spiro atoms. The molecule has 130 valence electrons. The number of benzene rings is 1. The lowest BCUT2D eigenvalue weighted by molar-refractivity contribution is 0.356. The molecule has 0 radical (unpaired) electrons. The SMILES string of the molecule is COc1cc2ncnc(N3CC[SH](NC(N)=S)CC3)c2cc1OC. The summed E-state index contributed by atoms with van der Waals surface area (Å²) in [6.45, 7) is 1.81. The molecule has 0 saturated carbocycles. The van der Waals surface area contributed by atoms with Crippen molar-refractivity contribution in [2.24, 2.45) is 5.73 Å². The van der Waals surface area contributed by atoms with Gasteiger partial charge in [0.25, 0.3) is 0 Å². The quantitative estimate of drug-likeness (QED) is 0.549. The predicted octanol–water partition coefficient (Wildman–Crippen LogP) is 1.22. The van der Waals surface area contributed by atoms with Crippen molar-refractivity contribution in [2.75, 3.05) is 43.7 Å². The average molecular weight is 368 g/mol. The minimum absolute atomic E-state index is 0.334. The van der Waals surface area contributed by atoms with Gasteiger partial charge in [0.1, 0.15) is 12.1 Å². The number of hydrogen-bond acceptors (Lipinski definition) is 6. The zero-order chi connectivity index (χ0) is 17.1. The number of nitrogens with one attached hydrogen (secondary N) is 1. The zero-order valence-electron chi connectivity index (χ0n) is 13.7. The molecule has 0 bridgehead atoms. The topological polar surface area (TPSA) is 85.5 Å². The minimum atomic E-state index is -0.334. The van der Waals surface area contributed by atoms with Crippen molar-refractivity contribution in [1.82, 2.24) is 14.7 Å². The Morgan fingerprint density at radius 2 is 1.88 bits per heavy atom. The summed E-state index contributed by atoms with van der Waals surface area (Å²) in [5.74, 6) is 4.30. The molecule has 1 saturated heterocycles. The molecule has 2 heterocycles. The summed E-state index contributed by atoms with van der Waals surface area (Å²) in [5.41, 5.74) is 6.42. The average Bonchev–Trinajstić information content (AvgIpc) is 2.60. The van der Waals surface area contributed by atoms with Gasteiger partial charge in [0.05, 0.1) is 19.7 Å². The van der Waals surface area contributed by atoms with Gasteiger partial charge in [-0.1, -0.05) is 0 Å². The molecule has 1 aromatic carbocycles. The second kappa shape index (κ2) is 7.27. The van der Waals surface area contributed by atoms with Gasteiger partial charge < -0.3 is 24.8 Å². The van der Waals surface area contributed by atoms with E-state index in [-0.39, 0.29) is 11.1 Å². The normalized spacial score (nSPS) is 16.1. The summed E-state index contributed by atoms with van der Waals surface area (Å²) in [6, 6.07) is 3.82. The van der Waals surface area contributed by atoms with Gasteiger partial charge in [-0.3, -0.25) is 0 Å². The number of thiol groups is 1. The van der Waals surface area contributed by atoms with Crippen LogP contribution in [0.25, 0.3) is 10.9 Å². The first-order valence-electron chi connectivity index (χ1n) is 7.55. The van der Waals surface area contributed by atoms with Crippen LogP contribution in [0.15, 0.2) is 18.5 Å². The van der Waals surface area contributed by atoms with Crippen LogP contribution in [0.5, 0.6) is 11.5 Å².